The number of ketones is 1. The summed E-state index contributed by atoms with van der Waals surface area (Å²) in [7, 11) is 0. The third-order valence-corrected chi connectivity index (χ3v) is 5.24. The Kier molecular flexibility index (Phi) is 4.75. The molecule has 0 saturated carbocycles. The number of fused-ring (bicyclic) bond motifs is 1. The molecule has 1 saturated heterocycles. The molecule has 0 aliphatic carbocycles. The average Bonchev–Trinajstić information content (AvgIpc) is 3.15. The van der Waals surface area contributed by atoms with Gasteiger partial charge in [0.2, 0.25) is 12.4 Å². The zero-order chi connectivity index (χ0) is 20.5. The fraction of sp³-hybridized carbons (Fsp3) is 0.238. The minimum atomic E-state index is -0.610. The smallest absolute Gasteiger partial charge is 0.295 e. The molecule has 2 amide bonds. The molecule has 3 aromatic rings. The standard InChI is InChI=1S/C21H20N4O4/c1-14-12-23(20(27)15-5-3-2-4-6-15)9-10-25(14)21(28)19(26)17-11-22-18-13-24(29)8-7-16(17)18/h2-8,11,13-14,29H,9-10,12H2,1H3/p+1/t14-/m1/s1. The lowest BCUT2D eigenvalue weighted by molar-refractivity contribution is -0.904. The van der Waals surface area contributed by atoms with Crippen LogP contribution in [0, 0.1) is 0 Å². The van der Waals surface area contributed by atoms with E-state index in [2.05, 4.69) is 4.98 Å². The second-order valence-corrected chi connectivity index (χ2v) is 7.15. The van der Waals surface area contributed by atoms with E-state index in [9.17, 15) is 19.6 Å². The van der Waals surface area contributed by atoms with Gasteiger partial charge in [-0.1, -0.05) is 18.2 Å². The molecular weight excluding hydrogens is 372 g/mol. The highest BCUT2D eigenvalue weighted by atomic mass is 16.5. The summed E-state index contributed by atoms with van der Waals surface area (Å²) in [5.74, 6) is -1.28. The number of hydrogen-bond donors (Lipinski definition) is 2. The molecule has 3 heterocycles. The van der Waals surface area contributed by atoms with Crippen molar-refractivity contribution in [3.05, 3.63) is 66.1 Å². The molecule has 0 spiro atoms. The molecule has 148 valence electrons. The SMILES string of the molecule is C[C@@H]1CN(C(=O)c2ccccc2)CCN1C(=O)C(=O)c1c[nH]c2c[n+](O)ccc12. The fourth-order valence-corrected chi connectivity index (χ4v) is 3.70. The van der Waals surface area contributed by atoms with Gasteiger partial charge in [0.05, 0.1) is 5.56 Å². The van der Waals surface area contributed by atoms with Crippen molar-refractivity contribution in [2.75, 3.05) is 19.6 Å². The van der Waals surface area contributed by atoms with Gasteiger partial charge in [-0.25, -0.2) is 0 Å². The number of nitrogens with zero attached hydrogens (tertiary/aromatic N) is 3. The second kappa shape index (κ2) is 7.38. The van der Waals surface area contributed by atoms with Crippen LogP contribution < -0.4 is 4.73 Å². The maximum Gasteiger partial charge on any atom is 0.295 e. The van der Waals surface area contributed by atoms with Gasteiger partial charge in [0.25, 0.3) is 17.6 Å². The van der Waals surface area contributed by atoms with Gasteiger partial charge in [-0.2, -0.15) is 0 Å². The molecular formula is C21H21N4O4+. The van der Waals surface area contributed by atoms with E-state index in [0.717, 1.165) is 4.73 Å². The number of pyridine rings is 1. The van der Waals surface area contributed by atoms with Gasteiger partial charge in [-0.05, 0) is 19.1 Å². The van der Waals surface area contributed by atoms with Gasteiger partial charge in [-0.3, -0.25) is 19.6 Å². The number of carbonyl (C=O) groups excluding carboxylic acids is 3. The summed E-state index contributed by atoms with van der Waals surface area (Å²) in [4.78, 5) is 44.5. The van der Waals surface area contributed by atoms with E-state index < -0.39 is 11.7 Å². The van der Waals surface area contributed by atoms with E-state index >= 15 is 0 Å². The first-order chi connectivity index (χ1) is 14.0. The van der Waals surface area contributed by atoms with Crippen LogP contribution in [0.15, 0.2) is 55.0 Å². The maximum atomic E-state index is 12.9. The number of aromatic nitrogens is 2. The number of nitrogens with one attached hydrogen (secondary N) is 1. The predicted molar refractivity (Wildman–Crippen MR) is 104 cm³/mol. The van der Waals surface area contributed by atoms with E-state index in [-0.39, 0.29) is 17.5 Å². The molecule has 8 heteroatoms. The van der Waals surface area contributed by atoms with E-state index in [1.807, 2.05) is 25.1 Å². The third-order valence-electron chi connectivity index (χ3n) is 5.24. The second-order valence-electron chi connectivity index (χ2n) is 7.15. The lowest BCUT2D eigenvalue weighted by Crippen LogP contribution is -2.56. The molecule has 29 heavy (non-hydrogen) atoms. The van der Waals surface area contributed by atoms with Gasteiger partial charge in [0.1, 0.15) is 5.52 Å². The van der Waals surface area contributed by atoms with Crippen molar-refractivity contribution < 1.29 is 24.3 Å². The summed E-state index contributed by atoms with van der Waals surface area (Å²) in [5.41, 5.74) is 1.42. The number of aromatic amines is 1. The van der Waals surface area contributed by atoms with Gasteiger partial charge >= 0.3 is 0 Å². The molecule has 2 N–H and O–H groups in total. The molecule has 0 bridgehead atoms. The van der Waals surface area contributed by atoms with E-state index in [1.54, 1.807) is 23.1 Å². The first-order valence-electron chi connectivity index (χ1n) is 9.37. The Bertz CT molecular complexity index is 1090. The molecule has 2 aromatic heterocycles. The molecule has 4 rings (SSSR count). The summed E-state index contributed by atoms with van der Waals surface area (Å²) in [6, 6.07) is 10.3. The molecule has 1 aliphatic rings. The highest BCUT2D eigenvalue weighted by molar-refractivity contribution is 6.44. The number of rotatable bonds is 3. The van der Waals surface area contributed by atoms with Crippen molar-refractivity contribution in [1.29, 1.82) is 0 Å². The first-order valence-corrected chi connectivity index (χ1v) is 9.37. The highest BCUT2D eigenvalue weighted by Gasteiger charge is 2.34. The Morgan fingerprint density at radius 1 is 1.14 bits per heavy atom. The van der Waals surface area contributed by atoms with Gasteiger partial charge in [-0.15, -0.1) is 0 Å². The van der Waals surface area contributed by atoms with E-state index in [4.69, 9.17) is 0 Å². The lowest BCUT2D eigenvalue weighted by Gasteiger charge is -2.39. The Labute approximate surface area is 166 Å². The topological polar surface area (TPSA) is 97.6 Å². The quantitative estimate of drug-likeness (QED) is 0.303. The number of amides is 2. The van der Waals surface area contributed by atoms with Crippen molar-refractivity contribution in [3.8, 4) is 0 Å². The van der Waals surface area contributed by atoms with Gasteiger partial charge in [0, 0.05) is 53.6 Å². The van der Waals surface area contributed by atoms with Crippen LogP contribution in [-0.2, 0) is 4.79 Å². The summed E-state index contributed by atoms with van der Waals surface area (Å²) in [6.45, 7) is 2.86. The third kappa shape index (κ3) is 3.44. The number of benzene rings is 1. The minimum absolute atomic E-state index is 0.0789. The zero-order valence-electron chi connectivity index (χ0n) is 15.9. The fourth-order valence-electron chi connectivity index (χ4n) is 3.70. The Morgan fingerprint density at radius 2 is 1.90 bits per heavy atom. The molecule has 8 nitrogen and oxygen atoms in total. The van der Waals surface area contributed by atoms with Crippen LogP contribution in [0.5, 0.6) is 0 Å². The van der Waals surface area contributed by atoms with Gasteiger partial charge < -0.3 is 14.8 Å². The van der Waals surface area contributed by atoms with Crippen LogP contribution in [0.3, 0.4) is 0 Å². The molecule has 1 aromatic carbocycles. The Balaban J connectivity index is 1.48. The highest BCUT2D eigenvalue weighted by Crippen LogP contribution is 2.20. The lowest BCUT2D eigenvalue weighted by atomic mass is 10.1. The predicted octanol–water partition coefficient (Wildman–Crippen LogP) is 1.25. The van der Waals surface area contributed by atoms with Crippen LogP contribution in [-0.4, -0.2) is 63.3 Å². The largest absolute Gasteiger partial charge is 0.355 e. The normalized spacial score (nSPS) is 16.8. The number of piperazine rings is 1. The first kappa shape index (κ1) is 18.7. The number of Topliss-reactive ketones (excluding diaryl/α,β-unsaturated/α-hetero) is 1. The van der Waals surface area contributed by atoms with Crippen LogP contribution in [0.25, 0.3) is 10.9 Å². The number of H-pyrrole nitrogens is 1. The van der Waals surface area contributed by atoms with E-state index in [0.29, 0.717) is 36.1 Å². The van der Waals surface area contributed by atoms with Crippen molar-refractivity contribution in [2.24, 2.45) is 0 Å². The molecule has 0 radical (unpaired) electrons. The summed E-state index contributed by atoms with van der Waals surface area (Å²) in [5, 5.41) is 10.1. The van der Waals surface area contributed by atoms with Crippen molar-refractivity contribution >= 4 is 28.5 Å². The molecule has 1 atom stereocenters. The Hall–Kier alpha value is -3.68. The van der Waals surface area contributed by atoms with Crippen LogP contribution in [0.4, 0.5) is 0 Å². The van der Waals surface area contributed by atoms with Crippen LogP contribution in [0.1, 0.15) is 27.6 Å². The Morgan fingerprint density at radius 3 is 2.62 bits per heavy atom. The molecule has 0 unspecified atom stereocenters. The van der Waals surface area contributed by atoms with Crippen molar-refractivity contribution in [3.63, 3.8) is 0 Å². The average molecular weight is 393 g/mol. The van der Waals surface area contributed by atoms with Crippen molar-refractivity contribution in [2.45, 2.75) is 13.0 Å². The van der Waals surface area contributed by atoms with Crippen molar-refractivity contribution in [1.82, 2.24) is 14.8 Å². The number of hydrogen-bond acceptors (Lipinski definition) is 4. The van der Waals surface area contributed by atoms with E-state index in [1.165, 1.54) is 23.5 Å². The maximum absolute atomic E-state index is 12.9. The van der Waals surface area contributed by atoms with Crippen LogP contribution in [0.2, 0.25) is 0 Å². The summed E-state index contributed by atoms with van der Waals surface area (Å²) in [6.07, 6.45) is 4.30. The molecule has 1 aliphatic heterocycles. The van der Waals surface area contributed by atoms with Gasteiger partial charge in [0.15, 0.2) is 0 Å². The minimum Gasteiger partial charge on any atom is -0.355 e. The molecule has 1 fully saturated rings. The summed E-state index contributed by atoms with van der Waals surface area (Å²) < 4.78 is 0.875. The summed E-state index contributed by atoms with van der Waals surface area (Å²) >= 11 is 0. The number of carbonyl (C=O) groups is 3. The zero-order valence-corrected chi connectivity index (χ0v) is 15.9. The monoisotopic (exact) mass is 393 g/mol. The van der Waals surface area contributed by atoms with Crippen LogP contribution >= 0.6 is 0 Å².